The van der Waals surface area contributed by atoms with E-state index >= 15 is 0 Å². The van der Waals surface area contributed by atoms with Crippen molar-refractivity contribution in [2.45, 2.75) is 43.9 Å². The highest BCUT2D eigenvalue weighted by atomic mass is 32.2. The fourth-order valence-corrected chi connectivity index (χ4v) is 3.97. The monoisotopic (exact) mass is 421 g/mol. The summed E-state index contributed by atoms with van der Waals surface area (Å²) in [5.74, 6) is -0.692. The summed E-state index contributed by atoms with van der Waals surface area (Å²) in [6, 6.07) is 11.1. The van der Waals surface area contributed by atoms with E-state index in [2.05, 4.69) is 22.5 Å². The Morgan fingerprint density at radius 1 is 1.17 bits per heavy atom. The number of rotatable bonds is 9. The molecule has 0 radical (unpaired) electrons. The van der Waals surface area contributed by atoms with E-state index in [1.54, 1.807) is 12.1 Å². The Morgan fingerprint density at radius 2 is 1.90 bits per heavy atom. The second kappa shape index (κ2) is 13.1. The number of benzene rings is 2. The third-order valence-electron chi connectivity index (χ3n) is 4.09. The van der Waals surface area contributed by atoms with E-state index in [0.29, 0.717) is 15.5 Å². The number of nitrogens with zero attached hydrogens (tertiary/aromatic N) is 1. The zero-order chi connectivity index (χ0) is 21.8. The van der Waals surface area contributed by atoms with Crippen LogP contribution in [0.25, 0.3) is 0 Å². The van der Waals surface area contributed by atoms with E-state index in [4.69, 9.17) is 0 Å². The second-order valence-corrected chi connectivity index (χ2v) is 7.57. The lowest BCUT2D eigenvalue weighted by molar-refractivity contribution is -0.114. The van der Waals surface area contributed by atoms with Crippen LogP contribution >= 0.6 is 0 Å². The molecule has 5 nitrogen and oxygen atoms in total. The summed E-state index contributed by atoms with van der Waals surface area (Å²) in [6.07, 6.45) is 0.983. The number of anilines is 2. The molecule has 160 valence electrons. The van der Waals surface area contributed by atoms with Gasteiger partial charge < -0.3 is 15.5 Å². The molecule has 0 heterocycles. The molecule has 1 amide bonds. The van der Waals surface area contributed by atoms with Crippen LogP contribution in [0.15, 0.2) is 52.3 Å². The number of carbonyl (C=O) groups is 1. The third-order valence-corrected chi connectivity index (χ3v) is 5.52. The summed E-state index contributed by atoms with van der Waals surface area (Å²) >= 11 is 0. The molecular formula is C22H32FN3O2S. The largest absolute Gasteiger partial charge is 0.372 e. The van der Waals surface area contributed by atoms with E-state index in [0.717, 1.165) is 31.7 Å². The molecule has 0 aromatic heterocycles. The Hall–Kier alpha value is -2.25. The molecule has 0 saturated heterocycles. The van der Waals surface area contributed by atoms with Gasteiger partial charge in [0.05, 0.1) is 21.4 Å². The molecule has 0 bridgehead atoms. The molecule has 0 aliphatic rings. The minimum absolute atomic E-state index is 0.247. The number of hydrogen-bond acceptors (Lipinski definition) is 4. The van der Waals surface area contributed by atoms with Gasteiger partial charge in [0.1, 0.15) is 5.82 Å². The molecule has 2 rings (SSSR count). The fourth-order valence-electron chi connectivity index (χ4n) is 2.79. The Morgan fingerprint density at radius 3 is 2.48 bits per heavy atom. The van der Waals surface area contributed by atoms with Crippen molar-refractivity contribution in [1.82, 2.24) is 5.32 Å². The molecule has 0 fully saturated rings. The van der Waals surface area contributed by atoms with Crippen LogP contribution < -0.4 is 15.5 Å². The van der Waals surface area contributed by atoms with Crippen molar-refractivity contribution in [2.75, 3.05) is 36.9 Å². The fraction of sp³-hybridized carbons (Fsp3) is 0.409. The number of nitrogens with one attached hydrogen (secondary N) is 2. The first-order valence-corrected chi connectivity index (χ1v) is 11.1. The first-order valence-electron chi connectivity index (χ1n) is 9.94. The summed E-state index contributed by atoms with van der Waals surface area (Å²) in [6.45, 7) is 10.1. The normalized spacial score (nSPS) is 11.2. The van der Waals surface area contributed by atoms with Gasteiger partial charge in [0.15, 0.2) is 0 Å². The van der Waals surface area contributed by atoms with Crippen LogP contribution in [0.3, 0.4) is 0 Å². The summed E-state index contributed by atoms with van der Waals surface area (Å²) < 4.78 is 26.4. The Kier molecular flexibility index (Phi) is 11.2. The van der Waals surface area contributed by atoms with Crippen LogP contribution in [0.4, 0.5) is 15.8 Å². The molecule has 0 saturated carbocycles. The van der Waals surface area contributed by atoms with Crippen molar-refractivity contribution in [3.05, 3.63) is 48.3 Å². The first kappa shape index (κ1) is 24.8. The zero-order valence-electron chi connectivity index (χ0n) is 17.9. The van der Waals surface area contributed by atoms with Crippen LogP contribution in [0.5, 0.6) is 0 Å². The van der Waals surface area contributed by atoms with E-state index in [1.165, 1.54) is 25.1 Å². The maximum atomic E-state index is 13.5. The molecule has 0 spiro atoms. The van der Waals surface area contributed by atoms with Gasteiger partial charge in [-0.05, 0) is 63.3 Å². The SMILES string of the molecule is CC.CCN(CCCNC)c1ccc(S(=O)c2cccc(F)c2)c(NC(C)=O)c1. The lowest BCUT2D eigenvalue weighted by atomic mass is 10.2. The van der Waals surface area contributed by atoms with Gasteiger partial charge in [-0.2, -0.15) is 0 Å². The van der Waals surface area contributed by atoms with E-state index in [9.17, 15) is 13.4 Å². The lowest BCUT2D eigenvalue weighted by Gasteiger charge is -2.24. The van der Waals surface area contributed by atoms with Crippen molar-refractivity contribution < 1.29 is 13.4 Å². The average Bonchev–Trinajstić information content (AvgIpc) is 2.72. The van der Waals surface area contributed by atoms with Gasteiger partial charge in [0.2, 0.25) is 5.91 Å². The van der Waals surface area contributed by atoms with Crippen LogP contribution in [0.1, 0.15) is 34.1 Å². The first-order chi connectivity index (χ1) is 14.0. The predicted octanol–water partition coefficient (Wildman–Crippen LogP) is 4.41. The Labute approximate surface area is 176 Å². The highest BCUT2D eigenvalue weighted by molar-refractivity contribution is 7.85. The highest BCUT2D eigenvalue weighted by Crippen LogP contribution is 2.29. The van der Waals surface area contributed by atoms with Crippen LogP contribution in [0, 0.1) is 5.82 Å². The van der Waals surface area contributed by atoms with Gasteiger partial charge in [-0.25, -0.2) is 8.60 Å². The molecule has 29 heavy (non-hydrogen) atoms. The number of hydrogen-bond donors (Lipinski definition) is 2. The average molecular weight is 422 g/mol. The summed E-state index contributed by atoms with van der Waals surface area (Å²) in [7, 11) is 0.320. The topological polar surface area (TPSA) is 61.4 Å². The lowest BCUT2D eigenvalue weighted by Crippen LogP contribution is -2.26. The summed E-state index contributed by atoms with van der Waals surface area (Å²) in [4.78, 5) is 14.6. The van der Waals surface area contributed by atoms with Crippen molar-refractivity contribution in [3.63, 3.8) is 0 Å². The van der Waals surface area contributed by atoms with E-state index in [1.807, 2.05) is 33.0 Å². The molecule has 1 unspecified atom stereocenters. The van der Waals surface area contributed by atoms with Crippen LogP contribution in [0.2, 0.25) is 0 Å². The maximum Gasteiger partial charge on any atom is 0.221 e. The number of amides is 1. The molecule has 1 atom stereocenters. The minimum atomic E-state index is -1.60. The summed E-state index contributed by atoms with van der Waals surface area (Å²) in [5.41, 5.74) is 1.42. The van der Waals surface area contributed by atoms with E-state index in [-0.39, 0.29) is 5.91 Å². The van der Waals surface area contributed by atoms with Gasteiger partial charge in [0, 0.05) is 30.6 Å². The summed E-state index contributed by atoms with van der Waals surface area (Å²) in [5, 5.41) is 5.89. The van der Waals surface area contributed by atoms with Gasteiger partial charge in [-0.15, -0.1) is 0 Å². The predicted molar refractivity (Wildman–Crippen MR) is 120 cm³/mol. The van der Waals surface area contributed by atoms with Gasteiger partial charge in [-0.1, -0.05) is 19.9 Å². The van der Waals surface area contributed by atoms with Crippen molar-refractivity contribution in [2.24, 2.45) is 0 Å². The highest BCUT2D eigenvalue weighted by Gasteiger charge is 2.16. The second-order valence-electron chi connectivity index (χ2n) is 6.12. The minimum Gasteiger partial charge on any atom is -0.372 e. The third kappa shape index (κ3) is 7.59. The molecule has 0 aliphatic heterocycles. The Bertz CT molecular complexity index is 814. The van der Waals surface area contributed by atoms with Crippen LogP contribution in [-0.2, 0) is 15.6 Å². The molecule has 2 aromatic rings. The van der Waals surface area contributed by atoms with E-state index < -0.39 is 16.6 Å². The molecule has 2 N–H and O–H groups in total. The number of carbonyl (C=O) groups excluding carboxylic acids is 1. The molecule has 7 heteroatoms. The zero-order valence-corrected chi connectivity index (χ0v) is 18.7. The van der Waals surface area contributed by atoms with Crippen LogP contribution in [-0.4, -0.2) is 36.8 Å². The Balaban J connectivity index is 0.00000204. The standard InChI is InChI=1S/C20H26FN3O2S.C2H6/c1-4-24(12-6-11-22-3)17-9-10-20(19(14-17)23-15(2)25)27(26)18-8-5-7-16(21)13-18;1-2/h5,7-10,13-14,22H,4,6,11-12H2,1-3H3,(H,23,25);1-2H3. The smallest absolute Gasteiger partial charge is 0.221 e. The number of halogens is 1. The van der Waals surface area contributed by atoms with Crippen molar-refractivity contribution >= 4 is 28.1 Å². The molecule has 2 aromatic carbocycles. The molecular weight excluding hydrogens is 389 g/mol. The van der Waals surface area contributed by atoms with Crippen molar-refractivity contribution in [1.29, 1.82) is 0 Å². The van der Waals surface area contributed by atoms with Crippen molar-refractivity contribution in [3.8, 4) is 0 Å². The van der Waals surface area contributed by atoms with Gasteiger partial charge >= 0.3 is 0 Å². The maximum absolute atomic E-state index is 13.5. The van der Waals surface area contributed by atoms with Gasteiger partial charge in [-0.3, -0.25) is 4.79 Å². The quantitative estimate of drug-likeness (QED) is 0.589. The molecule has 0 aliphatic carbocycles. The van der Waals surface area contributed by atoms with Gasteiger partial charge in [0.25, 0.3) is 0 Å².